The maximum absolute atomic E-state index is 13.4. The molecule has 1 unspecified atom stereocenters. The number of carbonyl (C=O) groups is 2. The molecule has 4 rings (SSSR count). The van der Waals surface area contributed by atoms with Crippen molar-refractivity contribution in [2.75, 3.05) is 13.1 Å². The van der Waals surface area contributed by atoms with Crippen LogP contribution >= 0.6 is 11.6 Å². The number of esters is 1. The van der Waals surface area contributed by atoms with E-state index < -0.39 is 11.0 Å². The van der Waals surface area contributed by atoms with Gasteiger partial charge in [0.2, 0.25) is 5.91 Å². The third-order valence-corrected chi connectivity index (χ3v) is 5.97. The Balaban J connectivity index is 1.60. The zero-order valence-corrected chi connectivity index (χ0v) is 16.0. The standard InChI is InChI=1S/C22H22ClNO3/c1-16(25)27-22(18-5-3-2-4-6-18)13-14-24(15-22)20(26)21(11-12-21)17-7-9-19(23)10-8-17/h2-10H,11-15H2,1H3. The fraction of sp³-hybridized carbons (Fsp3) is 0.364. The van der Waals surface area contributed by atoms with Crippen LogP contribution in [0.25, 0.3) is 0 Å². The smallest absolute Gasteiger partial charge is 0.303 e. The van der Waals surface area contributed by atoms with Crippen LogP contribution in [-0.2, 0) is 25.3 Å². The highest BCUT2D eigenvalue weighted by atomic mass is 35.5. The van der Waals surface area contributed by atoms with Crippen LogP contribution in [0, 0.1) is 0 Å². The summed E-state index contributed by atoms with van der Waals surface area (Å²) < 4.78 is 5.77. The molecule has 1 saturated heterocycles. The monoisotopic (exact) mass is 383 g/mol. The molecule has 0 spiro atoms. The third-order valence-electron chi connectivity index (χ3n) is 5.71. The summed E-state index contributed by atoms with van der Waals surface area (Å²) in [6, 6.07) is 17.3. The molecule has 2 aliphatic rings. The first-order chi connectivity index (χ1) is 13.0. The van der Waals surface area contributed by atoms with Crippen LogP contribution in [0.1, 0.15) is 37.3 Å². The normalized spacial score (nSPS) is 23.1. The minimum absolute atomic E-state index is 0.120. The van der Waals surface area contributed by atoms with Crippen molar-refractivity contribution in [1.82, 2.24) is 4.90 Å². The van der Waals surface area contributed by atoms with Gasteiger partial charge >= 0.3 is 5.97 Å². The van der Waals surface area contributed by atoms with Gasteiger partial charge in [-0.05, 0) is 36.1 Å². The molecule has 0 N–H and O–H groups in total. The van der Waals surface area contributed by atoms with Crippen LogP contribution in [0.3, 0.4) is 0 Å². The fourth-order valence-corrected chi connectivity index (χ4v) is 4.30. The largest absolute Gasteiger partial charge is 0.452 e. The fourth-order valence-electron chi connectivity index (χ4n) is 4.17. The molecule has 0 aromatic heterocycles. The number of hydrogen-bond donors (Lipinski definition) is 0. The molecule has 1 heterocycles. The van der Waals surface area contributed by atoms with Crippen LogP contribution in [-0.4, -0.2) is 29.9 Å². The maximum atomic E-state index is 13.4. The average Bonchev–Trinajstić information content (AvgIpc) is 3.37. The zero-order chi connectivity index (χ0) is 19.1. The molecule has 1 atom stereocenters. The van der Waals surface area contributed by atoms with Crippen molar-refractivity contribution >= 4 is 23.5 Å². The van der Waals surface area contributed by atoms with E-state index in [1.54, 1.807) is 0 Å². The highest BCUT2D eigenvalue weighted by Crippen LogP contribution is 2.51. The van der Waals surface area contributed by atoms with E-state index in [9.17, 15) is 9.59 Å². The van der Waals surface area contributed by atoms with Crippen LogP contribution < -0.4 is 0 Å². The molecule has 1 aliphatic heterocycles. The number of amides is 1. The highest BCUT2D eigenvalue weighted by Gasteiger charge is 2.56. The number of likely N-dealkylation sites (tertiary alicyclic amines) is 1. The van der Waals surface area contributed by atoms with Gasteiger partial charge < -0.3 is 9.64 Å². The van der Waals surface area contributed by atoms with Crippen molar-refractivity contribution in [3.8, 4) is 0 Å². The average molecular weight is 384 g/mol. The van der Waals surface area contributed by atoms with Gasteiger partial charge in [0, 0.05) is 24.9 Å². The predicted octanol–water partition coefficient (Wildman–Crippen LogP) is 4.06. The van der Waals surface area contributed by atoms with E-state index in [2.05, 4.69) is 0 Å². The van der Waals surface area contributed by atoms with Crippen molar-refractivity contribution in [2.45, 2.75) is 37.2 Å². The van der Waals surface area contributed by atoms with Crippen molar-refractivity contribution in [1.29, 1.82) is 0 Å². The minimum atomic E-state index is -0.765. The molecule has 2 fully saturated rings. The molecule has 1 aliphatic carbocycles. The molecule has 27 heavy (non-hydrogen) atoms. The zero-order valence-electron chi connectivity index (χ0n) is 15.3. The molecule has 1 amide bonds. The number of ether oxygens (including phenoxy) is 1. The lowest BCUT2D eigenvalue weighted by molar-refractivity contribution is -0.158. The van der Waals surface area contributed by atoms with Gasteiger partial charge in [0.05, 0.1) is 12.0 Å². The Kier molecular flexibility index (Phi) is 4.47. The predicted molar refractivity (Wildman–Crippen MR) is 103 cm³/mol. The Morgan fingerprint density at radius 3 is 2.22 bits per heavy atom. The highest BCUT2D eigenvalue weighted by molar-refractivity contribution is 6.30. The molecule has 2 aromatic rings. The molecule has 2 aromatic carbocycles. The Morgan fingerprint density at radius 1 is 0.963 bits per heavy atom. The summed E-state index contributed by atoms with van der Waals surface area (Å²) >= 11 is 6.00. The van der Waals surface area contributed by atoms with Crippen LogP contribution in [0.4, 0.5) is 0 Å². The molecule has 4 nitrogen and oxygen atoms in total. The summed E-state index contributed by atoms with van der Waals surface area (Å²) in [6.45, 7) is 2.40. The second-order valence-electron chi connectivity index (χ2n) is 7.52. The van der Waals surface area contributed by atoms with E-state index in [0.29, 0.717) is 24.5 Å². The Bertz CT molecular complexity index is 861. The third kappa shape index (κ3) is 3.23. The van der Waals surface area contributed by atoms with Gasteiger partial charge in [0.15, 0.2) is 5.60 Å². The SMILES string of the molecule is CC(=O)OC1(c2ccccc2)CCN(C(=O)C2(c3ccc(Cl)cc3)CC2)C1. The number of carbonyl (C=O) groups excluding carboxylic acids is 2. The number of benzene rings is 2. The first-order valence-electron chi connectivity index (χ1n) is 9.26. The summed E-state index contributed by atoms with van der Waals surface area (Å²) in [5, 5.41) is 0.668. The summed E-state index contributed by atoms with van der Waals surface area (Å²) in [5.74, 6) is -0.207. The Hall–Kier alpha value is -2.33. The number of hydrogen-bond acceptors (Lipinski definition) is 3. The summed E-state index contributed by atoms with van der Waals surface area (Å²) in [4.78, 5) is 27.0. The molecular weight excluding hydrogens is 362 g/mol. The Labute approximate surface area is 164 Å². The van der Waals surface area contributed by atoms with Crippen LogP contribution in [0.15, 0.2) is 54.6 Å². The first kappa shape index (κ1) is 18.1. The lowest BCUT2D eigenvalue weighted by Gasteiger charge is -2.30. The second-order valence-corrected chi connectivity index (χ2v) is 7.96. The van der Waals surface area contributed by atoms with E-state index in [-0.39, 0.29) is 11.9 Å². The van der Waals surface area contributed by atoms with Crippen LogP contribution in [0.5, 0.6) is 0 Å². The van der Waals surface area contributed by atoms with Gasteiger partial charge in [-0.3, -0.25) is 9.59 Å². The van der Waals surface area contributed by atoms with Gasteiger partial charge in [-0.2, -0.15) is 0 Å². The van der Waals surface area contributed by atoms with Crippen LogP contribution in [0.2, 0.25) is 5.02 Å². The van der Waals surface area contributed by atoms with E-state index in [0.717, 1.165) is 24.0 Å². The van der Waals surface area contributed by atoms with Gasteiger partial charge in [0.25, 0.3) is 0 Å². The lowest BCUT2D eigenvalue weighted by atomic mass is 9.92. The van der Waals surface area contributed by atoms with E-state index in [1.165, 1.54) is 6.92 Å². The molecule has 0 radical (unpaired) electrons. The molecule has 1 saturated carbocycles. The molecule has 140 valence electrons. The van der Waals surface area contributed by atoms with Crippen molar-refractivity contribution < 1.29 is 14.3 Å². The topological polar surface area (TPSA) is 46.6 Å². The number of halogens is 1. The summed E-state index contributed by atoms with van der Waals surface area (Å²) in [7, 11) is 0. The summed E-state index contributed by atoms with van der Waals surface area (Å²) in [6.07, 6.45) is 2.30. The van der Waals surface area contributed by atoms with Crippen molar-refractivity contribution in [2.24, 2.45) is 0 Å². The van der Waals surface area contributed by atoms with Gasteiger partial charge in [-0.1, -0.05) is 54.1 Å². The van der Waals surface area contributed by atoms with Crippen molar-refractivity contribution in [3.63, 3.8) is 0 Å². The Morgan fingerprint density at radius 2 is 1.63 bits per heavy atom. The van der Waals surface area contributed by atoms with Gasteiger partial charge in [0.1, 0.15) is 0 Å². The van der Waals surface area contributed by atoms with E-state index >= 15 is 0 Å². The van der Waals surface area contributed by atoms with Gasteiger partial charge in [-0.25, -0.2) is 0 Å². The quantitative estimate of drug-likeness (QED) is 0.748. The molecule has 0 bridgehead atoms. The van der Waals surface area contributed by atoms with E-state index in [4.69, 9.17) is 16.3 Å². The van der Waals surface area contributed by atoms with Crippen molar-refractivity contribution in [3.05, 3.63) is 70.7 Å². The molecular formula is C22H22ClNO3. The lowest BCUT2D eigenvalue weighted by Crippen LogP contribution is -2.41. The number of rotatable bonds is 4. The second kappa shape index (κ2) is 6.68. The summed E-state index contributed by atoms with van der Waals surface area (Å²) in [5.41, 5.74) is 0.736. The van der Waals surface area contributed by atoms with Gasteiger partial charge in [-0.15, -0.1) is 0 Å². The molecule has 5 heteroatoms. The minimum Gasteiger partial charge on any atom is -0.452 e. The first-order valence-corrected chi connectivity index (χ1v) is 9.64. The maximum Gasteiger partial charge on any atom is 0.303 e. The van der Waals surface area contributed by atoms with E-state index in [1.807, 2.05) is 59.5 Å². The number of nitrogens with zero attached hydrogens (tertiary/aromatic N) is 1.